The van der Waals surface area contributed by atoms with Gasteiger partial charge < -0.3 is 19.3 Å². The fourth-order valence-electron chi connectivity index (χ4n) is 4.22. The average Bonchev–Trinajstić information content (AvgIpc) is 3.37. The summed E-state index contributed by atoms with van der Waals surface area (Å²) in [5, 5.41) is 19.4. The quantitative estimate of drug-likeness (QED) is 0.249. The fourth-order valence-corrected chi connectivity index (χ4v) is 5.06. The van der Waals surface area contributed by atoms with Crippen LogP contribution >= 0.6 is 11.3 Å². The number of phenols is 1. The van der Waals surface area contributed by atoms with Crippen LogP contribution in [0.3, 0.4) is 0 Å². The highest BCUT2D eigenvalue weighted by Crippen LogP contribution is 2.41. The van der Waals surface area contributed by atoms with Gasteiger partial charge in [0.15, 0.2) is 11.5 Å². The van der Waals surface area contributed by atoms with Crippen molar-refractivity contribution in [2.24, 2.45) is 10.1 Å². The Morgan fingerprint density at radius 3 is 2.29 bits per heavy atom. The van der Waals surface area contributed by atoms with E-state index in [0.717, 1.165) is 27.6 Å². The van der Waals surface area contributed by atoms with Crippen molar-refractivity contribution in [1.29, 1.82) is 0 Å². The van der Waals surface area contributed by atoms with E-state index in [1.165, 1.54) is 11.3 Å². The van der Waals surface area contributed by atoms with Crippen LogP contribution in [0.15, 0.2) is 94.3 Å². The Labute approximate surface area is 224 Å². The van der Waals surface area contributed by atoms with Gasteiger partial charge in [-0.1, -0.05) is 60.7 Å². The monoisotopic (exact) mass is 525 g/mol. The average molecular weight is 526 g/mol. The van der Waals surface area contributed by atoms with Gasteiger partial charge in [0.2, 0.25) is 10.6 Å². The Bertz CT molecular complexity index is 1650. The van der Waals surface area contributed by atoms with Gasteiger partial charge >= 0.3 is 0 Å². The molecule has 5 aromatic rings. The number of fused-ring (bicyclic) bond motifs is 1. The lowest BCUT2D eigenvalue weighted by Crippen LogP contribution is -2.12. The van der Waals surface area contributed by atoms with Crippen molar-refractivity contribution >= 4 is 28.3 Å². The molecule has 192 valence electrons. The summed E-state index contributed by atoms with van der Waals surface area (Å²) in [4.78, 5) is 5.56. The molecule has 1 heterocycles. The van der Waals surface area contributed by atoms with Crippen LogP contribution in [-0.2, 0) is 6.54 Å². The number of rotatable bonds is 8. The molecule has 4 aromatic carbocycles. The van der Waals surface area contributed by atoms with Crippen LogP contribution in [0.25, 0.3) is 22.0 Å². The molecule has 1 N–H and O–H groups in total. The number of benzene rings is 4. The molecule has 0 spiro atoms. The van der Waals surface area contributed by atoms with E-state index in [2.05, 4.69) is 0 Å². The Morgan fingerprint density at radius 1 is 0.868 bits per heavy atom. The van der Waals surface area contributed by atoms with Crippen LogP contribution in [0.2, 0.25) is 0 Å². The maximum Gasteiger partial charge on any atom is 0.206 e. The van der Waals surface area contributed by atoms with E-state index in [0.29, 0.717) is 34.2 Å². The van der Waals surface area contributed by atoms with Crippen LogP contribution in [0, 0.1) is 0 Å². The zero-order valence-electron chi connectivity index (χ0n) is 21.3. The van der Waals surface area contributed by atoms with Crippen LogP contribution < -0.4 is 19.0 Å². The zero-order valence-corrected chi connectivity index (χ0v) is 22.1. The number of aromatic hydroxyl groups is 1. The lowest BCUT2D eigenvalue weighted by atomic mass is 10.0. The first-order valence-corrected chi connectivity index (χ1v) is 12.8. The maximum atomic E-state index is 10.7. The smallest absolute Gasteiger partial charge is 0.206 e. The van der Waals surface area contributed by atoms with Crippen molar-refractivity contribution in [1.82, 2.24) is 4.68 Å². The summed E-state index contributed by atoms with van der Waals surface area (Å²) in [6.45, 7) is 0.505. The molecule has 0 saturated carbocycles. The van der Waals surface area contributed by atoms with Gasteiger partial charge in [-0.25, -0.2) is 4.68 Å². The number of hydrogen-bond acceptors (Lipinski definition) is 7. The minimum Gasteiger partial charge on any atom is -0.507 e. The molecule has 0 amide bonds. The number of hydrogen-bond donors (Lipinski definition) is 1. The van der Waals surface area contributed by atoms with Gasteiger partial charge in [-0.2, -0.15) is 5.10 Å². The first-order valence-electron chi connectivity index (χ1n) is 11.9. The van der Waals surface area contributed by atoms with Gasteiger partial charge in [-0.3, -0.25) is 4.99 Å². The molecular formula is C30H27N3O4S. The highest BCUT2D eigenvalue weighted by Gasteiger charge is 2.17. The zero-order chi connectivity index (χ0) is 26.5. The molecule has 0 unspecified atom stereocenters. The highest BCUT2D eigenvalue weighted by atomic mass is 32.1. The van der Waals surface area contributed by atoms with E-state index in [4.69, 9.17) is 24.3 Å². The second-order valence-corrected chi connectivity index (χ2v) is 9.23. The topological polar surface area (TPSA) is 77.6 Å². The number of nitrogens with zero attached hydrogens (tertiary/aromatic N) is 3. The molecule has 0 atom stereocenters. The Hall–Kier alpha value is -4.56. The van der Waals surface area contributed by atoms with Gasteiger partial charge in [0.05, 0.1) is 39.8 Å². The van der Waals surface area contributed by atoms with Gasteiger partial charge in [0, 0.05) is 16.5 Å². The normalized spacial score (nSPS) is 11.8. The van der Waals surface area contributed by atoms with Gasteiger partial charge in [-0.15, -0.1) is 11.3 Å². The molecule has 0 bridgehead atoms. The fraction of sp³-hybridized carbons (Fsp3) is 0.133. The van der Waals surface area contributed by atoms with E-state index < -0.39 is 0 Å². The lowest BCUT2D eigenvalue weighted by molar-refractivity contribution is 0.324. The predicted molar refractivity (Wildman–Crippen MR) is 152 cm³/mol. The molecule has 0 saturated heterocycles. The van der Waals surface area contributed by atoms with Crippen LogP contribution in [0.5, 0.6) is 23.0 Å². The van der Waals surface area contributed by atoms with E-state index in [-0.39, 0.29) is 5.75 Å². The van der Waals surface area contributed by atoms with Crippen LogP contribution in [0.4, 0.5) is 0 Å². The maximum absolute atomic E-state index is 10.7. The van der Waals surface area contributed by atoms with Crippen molar-refractivity contribution in [3.8, 4) is 34.3 Å². The second-order valence-electron chi connectivity index (χ2n) is 8.40. The minimum atomic E-state index is 0.153. The largest absolute Gasteiger partial charge is 0.507 e. The van der Waals surface area contributed by atoms with E-state index in [9.17, 15) is 5.11 Å². The van der Waals surface area contributed by atoms with Gasteiger partial charge in [0.25, 0.3) is 0 Å². The third-order valence-electron chi connectivity index (χ3n) is 6.14. The molecule has 0 fully saturated rings. The number of ether oxygens (including phenoxy) is 3. The SMILES string of the molecule is COc1cc(-c2csc(=NCc3ccccc3)n2N=Cc2c(O)ccc3ccccc23)cc(OC)c1OC. The van der Waals surface area contributed by atoms with Crippen molar-refractivity contribution in [2.45, 2.75) is 6.54 Å². The van der Waals surface area contributed by atoms with Crippen molar-refractivity contribution < 1.29 is 19.3 Å². The predicted octanol–water partition coefficient (Wildman–Crippen LogP) is 6.08. The summed E-state index contributed by atoms with van der Waals surface area (Å²) < 4.78 is 18.4. The molecule has 7 nitrogen and oxygen atoms in total. The van der Waals surface area contributed by atoms with Crippen molar-refractivity contribution in [2.75, 3.05) is 21.3 Å². The highest BCUT2D eigenvalue weighted by molar-refractivity contribution is 7.07. The third-order valence-corrected chi connectivity index (χ3v) is 6.99. The molecule has 0 radical (unpaired) electrons. The number of phenolic OH excluding ortho intramolecular Hbond substituents is 1. The Morgan fingerprint density at radius 2 is 1.58 bits per heavy atom. The van der Waals surface area contributed by atoms with E-state index >= 15 is 0 Å². The molecule has 8 heteroatoms. The number of methoxy groups -OCH3 is 3. The van der Waals surface area contributed by atoms with Crippen molar-refractivity contribution in [3.63, 3.8) is 0 Å². The Kier molecular flexibility index (Phi) is 7.42. The summed E-state index contributed by atoms with van der Waals surface area (Å²) in [5.74, 6) is 1.75. The van der Waals surface area contributed by atoms with Gasteiger partial charge in [-0.05, 0) is 34.5 Å². The molecule has 5 rings (SSSR count). The molecule has 0 aliphatic carbocycles. The number of aromatic nitrogens is 1. The summed E-state index contributed by atoms with van der Waals surface area (Å²) >= 11 is 1.48. The second kappa shape index (κ2) is 11.2. The van der Waals surface area contributed by atoms with Crippen LogP contribution in [-0.4, -0.2) is 37.3 Å². The molecule has 1 aromatic heterocycles. The van der Waals surface area contributed by atoms with E-state index in [1.807, 2.05) is 78.2 Å². The summed E-state index contributed by atoms with van der Waals surface area (Å²) in [5.41, 5.74) is 3.33. The van der Waals surface area contributed by atoms with E-state index in [1.54, 1.807) is 38.3 Å². The first-order chi connectivity index (χ1) is 18.6. The third kappa shape index (κ3) is 4.99. The summed E-state index contributed by atoms with van der Waals surface area (Å²) in [7, 11) is 4.75. The summed E-state index contributed by atoms with van der Waals surface area (Å²) in [6, 6.07) is 25.3. The number of thiazole rings is 1. The molecule has 38 heavy (non-hydrogen) atoms. The Balaban J connectivity index is 1.68. The molecular weight excluding hydrogens is 498 g/mol. The first kappa shape index (κ1) is 25.1. The molecule has 0 aliphatic heterocycles. The summed E-state index contributed by atoms with van der Waals surface area (Å²) in [6.07, 6.45) is 1.67. The minimum absolute atomic E-state index is 0.153. The lowest BCUT2D eigenvalue weighted by Gasteiger charge is -2.14. The molecule has 0 aliphatic rings. The van der Waals surface area contributed by atoms with Crippen LogP contribution in [0.1, 0.15) is 11.1 Å². The van der Waals surface area contributed by atoms with Crippen molar-refractivity contribution in [3.05, 3.63) is 100 Å². The van der Waals surface area contributed by atoms with Gasteiger partial charge in [0.1, 0.15) is 5.75 Å². The standard InChI is InChI=1S/C30H27N3O4S/c1-35-27-15-22(16-28(36-2)29(27)37-3)25-19-38-30(31-17-20-9-5-4-6-10-20)33(25)32-18-24-23-12-8-7-11-21(23)13-14-26(24)34/h4-16,18-19,34H,17H2,1-3H3.